The average molecular weight is 397 g/mol. The highest BCUT2D eigenvalue weighted by molar-refractivity contribution is 7.89. The summed E-state index contributed by atoms with van der Waals surface area (Å²) in [6.45, 7) is -0.187. The molecule has 0 aromatic heterocycles. The van der Waals surface area contributed by atoms with Crippen molar-refractivity contribution in [2.45, 2.75) is 11.1 Å². The highest BCUT2D eigenvalue weighted by Gasteiger charge is 2.33. The number of hydrogen-bond acceptors (Lipinski definition) is 4. The molecule has 0 aliphatic rings. The molecule has 0 saturated carbocycles. The van der Waals surface area contributed by atoms with Crippen molar-refractivity contribution in [2.24, 2.45) is 0 Å². The van der Waals surface area contributed by atoms with Crippen LogP contribution >= 0.6 is 0 Å². The van der Waals surface area contributed by atoms with E-state index in [1.165, 1.54) is 36.4 Å². The molecule has 2 aromatic carbocycles. The Hall–Kier alpha value is -3.03. The minimum atomic E-state index is -4.59. The topological polar surface area (TPSA) is 87.3 Å². The van der Waals surface area contributed by atoms with Crippen molar-refractivity contribution in [3.05, 3.63) is 59.7 Å². The van der Waals surface area contributed by atoms with E-state index in [1.54, 1.807) is 0 Å². The van der Waals surface area contributed by atoms with Gasteiger partial charge in [0.15, 0.2) is 0 Å². The van der Waals surface area contributed by atoms with Gasteiger partial charge >= 0.3 is 6.18 Å². The number of amides is 1. The number of nitrogens with one attached hydrogen (secondary N) is 3. The van der Waals surface area contributed by atoms with E-state index in [0.29, 0.717) is 0 Å². The molecule has 142 valence electrons. The van der Waals surface area contributed by atoms with Gasteiger partial charge in [0.05, 0.1) is 22.7 Å². The van der Waals surface area contributed by atoms with Crippen LogP contribution < -0.4 is 15.6 Å². The van der Waals surface area contributed by atoms with Gasteiger partial charge in [-0.1, -0.05) is 18.1 Å². The Kier molecular flexibility index (Phi) is 6.09. The van der Waals surface area contributed by atoms with E-state index in [0.717, 1.165) is 12.1 Å². The van der Waals surface area contributed by atoms with Crippen LogP contribution in [0.4, 0.5) is 18.9 Å². The predicted octanol–water partition coefficient (Wildman–Crippen LogP) is 2.37. The molecule has 0 radical (unpaired) electrons. The zero-order chi connectivity index (χ0) is 20.1. The number of carbonyl (C=O) groups is 1. The van der Waals surface area contributed by atoms with Crippen LogP contribution in [0.25, 0.3) is 0 Å². The zero-order valence-corrected chi connectivity index (χ0v) is 14.5. The Morgan fingerprint density at radius 3 is 2.30 bits per heavy atom. The third-order valence-corrected chi connectivity index (χ3v) is 4.75. The lowest BCUT2D eigenvalue weighted by atomic mass is 10.2. The monoisotopic (exact) mass is 397 g/mol. The van der Waals surface area contributed by atoms with E-state index in [1.807, 2.05) is 0 Å². The minimum absolute atomic E-state index is 0.0443. The van der Waals surface area contributed by atoms with Crippen LogP contribution in [0.15, 0.2) is 53.4 Å². The number of rotatable bonds is 6. The van der Waals surface area contributed by atoms with Crippen LogP contribution in [0.5, 0.6) is 0 Å². The second-order valence-corrected chi connectivity index (χ2v) is 6.94. The zero-order valence-electron chi connectivity index (χ0n) is 13.7. The summed E-state index contributed by atoms with van der Waals surface area (Å²) in [5.41, 5.74) is 3.14. The van der Waals surface area contributed by atoms with E-state index < -0.39 is 27.7 Å². The predicted molar refractivity (Wildman–Crippen MR) is 93.0 cm³/mol. The van der Waals surface area contributed by atoms with E-state index in [-0.39, 0.29) is 22.7 Å². The molecule has 10 heteroatoms. The van der Waals surface area contributed by atoms with Crippen molar-refractivity contribution in [3.63, 3.8) is 0 Å². The summed E-state index contributed by atoms with van der Waals surface area (Å²) in [6, 6.07) is 9.44. The Labute approximate surface area is 153 Å². The molecular weight excluding hydrogens is 383 g/mol. The first-order chi connectivity index (χ1) is 12.6. The standard InChI is InChI=1S/C17H14F3N3O3S/c1-2-11-21-27(25,26)13-9-7-12(8-10-13)16(24)23-22-15-6-4-3-5-14(15)17(18,19)20/h1,3-10,21-22H,11H2,(H,23,24). The summed E-state index contributed by atoms with van der Waals surface area (Å²) in [7, 11) is -3.81. The third kappa shape index (κ3) is 5.22. The van der Waals surface area contributed by atoms with E-state index in [4.69, 9.17) is 6.42 Å². The number of alkyl halides is 3. The molecule has 2 rings (SSSR count). The smallest absolute Gasteiger partial charge is 0.298 e. The first kappa shape index (κ1) is 20.3. The maximum atomic E-state index is 12.9. The molecule has 0 unspecified atom stereocenters. The molecule has 0 bridgehead atoms. The summed E-state index contributed by atoms with van der Waals surface area (Å²) in [4.78, 5) is 12.0. The van der Waals surface area contributed by atoms with Gasteiger partial charge in [0.1, 0.15) is 0 Å². The van der Waals surface area contributed by atoms with Crippen molar-refractivity contribution >= 4 is 21.6 Å². The molecule has 27 heavy (non-hydrogen) atoms. The van der Waals surface area contributed by atoms with Gasteiger partial charge in [0.25, 0.3) is 5.91 Å². The fraction of sp³-hybridized carbons (Fsp3) is 0.118. The van der Waals surface area contributed by atoms with Crippen molar-refractivity contribution in [3.8, 4) is 12.3 Å². The van der Waals surface area contributed by atoms with Crippen LogP contribution in [-0.2, 0) is 16.2 Å². The average Bonchev–Trinajstić information content (AvgIpc) is 2.64. The second-order valence-electron chi connectivity index (χ2n) is 5.18. The molecule has 1 amide bonds. The highest BCUT2D eigenvalue weighted by atomic mass is 32.2. The van der Waals surface area contributed by atoms with Gasteiger partial charge in [-0.25, -0.2) is 8.42 Å². The number of benzene rings is 2. The second kappa shape index (κ2) is 8.11. The SMILES string of the molecule is C#CCNS(=O)(=O)c1ccc(C(=O)NNc2ccccc2C(F)(F)F)cc1. The van der Waals surface area contributed by atoms with E-state index >= 15 is 0 Å². The number of halogens is 3. The molecular formula is C17H14F3N3O3S. The number of anilines is 1. The fourth-order valence-electron chi connectivity index (χ4n) is 2.04. The first-order valence-electron chi connectivity index (χ1n) is 7.41. The lowest BCUT2D eigenvalue weighted by Gasteiger charge is -2.15. The summed E-state index contributed by atoms with van der Waals surface area (Å²) >= 11 is 0. The molecule has 2 aromatic rings. The quantitative estimate of drug-likeness (QED) is 0.516. The highest BCUT2D eigenvalue weighted by Crippen LogP contribution is 2.34. The van der Waals surface area contributed by atoms with Crippen molar-refractivity contribution in [1.29, 1.82) is 0 Å². The largest absolute Gasteiger partial charge is 0.418 e. The molecule has 0 aliphatic carbocycles. The maximum Gasteiger partial charge on any atom is 0.418 e. The Balaban J connectivity index is 2.09. The van der Waals surface area contributed by atoms with E-state index in [2.05, 4.69) is 21.5 Å². The van der Waals surface area contributed by atoms with Crippen molar-refractivity contribution in [1.82, 2.24) is 10.1 Å². The van der Waals surface area contributed by atoms with Gasteiger partial charge < -0.3 is 0 Å². The molecule has 0 fully saturated rings. The van der Waals surface area contributed by atoms with Gasteiger partial charge in [-0.05, 0) is 36.4 Å². The Morgan fingerprint density at radius 1 is 1.07 bits per heavy atom. The van der Waals surface area contributed by atoms with Crippen LogP contribution in [0.1, 0.15) is 15.9 Å². The molecule has 0 heterocycles. The minimum Gasteiger partial charge on any atom is -0.298 e. The van der Waals surface area contributed by atoms with Gasteiger partial charge in [-0.3, -0.25) is 15.6 Å². The Morgan fingerprint density at radius 2 is 1.70 bits per heavy atom. The van der Waals surface area contributed by atoms with Crippen molar-refractivity contribution < 1.29 is 26.4 Å². The number of carbonyl (C=O) groups excluding carboxylic acids is 1. The fourth-order valence-corrected chi connectivity index (χ4v) is 2.98. The van der Waals surface area contributed by atoms with E-state index in [9.17, 15) is 26.4 Å². The Bertz CT molecular complexity index is 965. The van der Waals surface area contributed by atoms with Gasteiger partial charge in [-0.15, -0.1) is 6.42 Å². The lowest BCUT2D eigenvalue weighted by Crippen LogP contribution is -2.30. The molecule has 3 N–H and O–H groups in total. The van der Waals surface area contributed by atoms with Gasteiger partial charge in [0, 0.05) is 5.56 Å². The van der Waals surface area contributed by atoms with Gasteiger partial charge in [0.2, 0.25) is 10.0 Å². The van der Waals surface area contributed by atoms with Crippen molar-refractivity contribution in [2.75, 3.05) is 12.0 Å². The molecule has 0 spiro atoms. The molecule has 0 aliphatic heterocycles. The summed E-state index contributed by atoms with van der Waals surface area (Å²) in [6.07, 6.45) is 0.402. The summed E-state index contributed by atoms with van der Waals surface area (Å²) in [5.74, 6) is 1.38. The molecule has 0 atom stereocenters. The number of hydrogen-bond donors (Lipinski definition) is 3. The molecule has 0 saturated heterocycles. The van der Waals surface area contributed by atoms with Crippen LogP contribution in [0.2, 0.25) is 0 Å². The number of sulfonamides is 1. The number of para-hydroxylation sites is 1. The lowest BCUT2D eigenvalue weighted by molar-refractivity contribution is -0.137. The van der Waals surface area contributed by atoms with Crippen LogP contribution in [-0.4, -0.2) is 20.9 Å². The third-order valence-electron chi connectivity index (χ3n) is 3.33. The summed E-state index contributed by atoms with van der Waals surface area (Å²) in [5, 5.41) is 0. The van der Waals surface area contributed by atoms with Crippen LogP contribution in [0.3, 0.4) is 0 Å². The first-order valence-corrected chi connectivity index (χ1v) is 8.89. The van der Waals surface area contributed by atoms with Gasteiger partial charge in [-0.2, -0.15) is 17.9 Å². The van der Waals surface area contributed by atoms with Crippen LogP contribution in [0, 0.1) is 12.3 Å². The maximum absolute atomic E-state index is 12.9. The summed E-state index contributed by atoms with van der Waals surface area (Å²) < 4.78 is 64.7. The number of terminal acetylenes is 1. The number of hydrazine groups is 1. The molecule has 6 nitrogen and oxygen atoms in total. The normalized spacial score (nSPS) is 11.5.